The molecule has 0 aliphatic carbocycles. The van der Waals surface area contributed by atoms with Gasteiger partial charge in [0.1, 0.15) is 11.4 Å². The molecule has 0 spiro atoms. The Morgan fingerprint density at radius 3 is 2.61 bits per heavy atom. The lowest BCUT2D eigenvalue weighted by atomic mass is 9.98. The third kappa shape index (κ3) is 2.10. The third-order valence-electron chi connectivity index (χ3n) is 3.37. The largest absolute Gasteiger partial charge is 0.483 e. The average molecular weight is 245 g/mol. The van der Waals surface area contributed by atoms with Crippen LogP contribution in [0.25, 0.3) is 5.70 Å². The van der Waals surface area contributed by atoms with E-state index in [9.17, 15) is 0 Å². The predicted octanol–water partition coefficient (Wildman–Crippen LogP) is 2.53. The van der Waals surface area contributed by atoms with Crippen molar-refractivity contribution in [2.45, 2.75) is 19.4 Å². The molecule has 1 aromatic rings. The Kier molecular flexibility index (Phi) is 2.78. The highest BCUT2D eigenvalue weighted by Gasteiger charge is 2.29. The second-order valence-corrected chi connectivity index (χ2v) is 5.33. The fraction of sp³-hybridized carbons (Fsp3) is 0.467. The number of hydrogen-bond donors (Lipinski definition) is 0. The molecule has 1 saturated heterocycles. The molecule has 3 heteroatoms. The Hall–Kier alpha value is -1.48. The molecular weight excluding hydrogens is 226 g/mol. The van der Waals surface area contributed by atoms with Gasteiger partial charge in [0.15, 0.2) is 0 Å². The Balaban J connectivity index is 2.01. The van der Waals surface area contributed by atoms with Gasteiger partial charge in [0.25, 0.3) is 0 Å². The molecule has 0 radical (unpaired) electrons. The highest BCUT2D eigenvalue weighted by atomic mass is 16.5. The number of nitrogens with zero attached hydrogens (tertiary/aromatic N) is 1. The number of hydrogen-bond acceptors (Lipinski definition) is 3. The molecule has 0 amide bonds. The molecule has 0 N–H and O–H groups in total. The molecule has 0 bridgehead atoms. The van der Waals surface area contributed by atoms with Crippen LogP contribution < -0.4 is 4.74 Å². The molecule has 0 unspecified atom stereocenters. The van der Waals surface area contributed by atoms with Gasteiger partial charge in [-0.25, -0.2) is 0 Å². The van der Waals surface area contributed by atoms with Crippen LogP contribution in [0.2, 0.25) is 0 Å². The maximum Gasteiger partial charge on any atom is 0.129 e. The Labute approximate surface area is 108 Å². The maximum atomic E-state index is 6.01. The molecule has 2 aliphatic heterocycles. The number of benzene rings is 1. The van der Waals surface area contributed by atoms with Gasteiger partial charge in [-0.15, -0.1) is 0 Å². The summed E-state index contributed by atoms with van der Waals surface area (Å²) >= 11 is 0. The zero-order valence-electron chi connectivity index (χ0n) is 11.0. The summed E-state index contributed by atoms with van der Waals surface area (Å²) in [4.78, 5) is 2.40. The summed E-state index contributed by atoms with van der Waals surface area (Å²) in [5, 5.41) is 0. The predicted molar refractivity (Wildman–Crippen MR) is 71.5 cm³/mol. The average Bonchev–Trinajstić information content (AvgIpc) is 2.38. The van der Waals surface area contributed by atoms with Crippen LogP contribution in [-0.4, -0.2) is 36.8 Å². The van der Waals surface area contributed by atoms with Crippen molar-refractivity contribution in [2.75, 3.05) is 26.3 Å². The topological polar surface area (TPSA) is 21.7 Å². The second-order valence-electron chi connectivity index (χ2n) is 5.33. The smallest absolute Gasteiger partial charge is 0.129 e. The van der Waals surface area contributed by atoms with E-state index in [-0.39, 0.29) is 5.60 Å². The first-order valence-corrected chi connectivity index (χ1v) is 6.50. The number of fused-ring (bicyclic) bond motifs is 1. The summed E-state index contributed by atoms with van der Waals surface area (Å²) in [6.45, 7) is 7.72. The van der Waals surface area contributed by atoms with E-state index in [1.54, 1.807) is 0 Å². The fourth-order valence-electron chi connectivity index (χ4n) is 2.55. The number of morpholine rings is 1. The van der Waals surface area contributed by atoms with Crippen LogP contribution in [0.1, 0.15) is 19.4 Å². The molecule has 18 heavy (non-hydrogen) atoms. The van der Waals surface area contributed by atoms with Crippen LogP contribution in [0.4, 0.5) is 0 Å². The monoisotopic (exact) mass is 245 g/mol. The van der Waals surface area contributed by atoms with Gasteiger partial charge in [-0.05, 0) is 32.1 Å². The molecule has 96 valence electrons. The Bertz CT molecular complexity index is 473. The van der Waals surface area contributed by atoms with Crippen LogP contribution in [0.5, 0.6) is 5.75 Å². The minimum atomic E-state index is -0.248. The van der Waals surface area contributed by atoms with Gasteiger partial charge in [-0.1, -0.05) is 12.1 Å². The summed E-state index contributed by atoms with van der Waals surface area (Å²) in [5.74, 6) is 0.978. The number of para-hydroxylation sites is 1. The van der Waals surface area contributed by atoms with E-state index in [0.29, 0.717) is 0 Å². The van der Waals surface area contributed by atoms with Crippen LogP contribution in [-0.2, 0) is 4.74 Å². The summed E-state index contributed by atoms with van der Waals surface area (Å²) in [6.07, 6.45) is 2.22. The first-order valence-electron chi connectivity index (χ1n) is 6.50. The van der Waals surface area contributed by atoms with Crippen molar-refractivity contribution in [1.29, 1.82) is 0 Å². The van der Waals surface area contributed by atoms with Crippen LogP contribution in [0, 0.1) is 0 Å². The minimum absolute atomic E-state index is 0.248. The molecule has 2 heterocycles. The zero-order valence-corrected chi connectivity index (χ0v) is 11.0. The molecular formula is C15H19NO2. The normalized spacial score (nSPS) is 21.9. The van der Waals surface area contributed by atoms with Gasteiger partial charge < -0.3 is 14.4 Å². The van der Waals surface area contributed by atoms with Crippen molar-refractivity contribution < 1.29 is 9.47 Å². The van der Waals surface area contributed by atoms with Crippen LogP contribution in [0.15, 0.2) is 30.3 Å². The molecule has 0 atom stereocenters. The quantitative estimate of drug-likeness (QED) is 0.759. The highest BCUT2D eigenvalue weighted by Crippen LogP contribution is 2.37. The number of ether oxygens (including phenoxy) is 2. The van der Waals surface area contributed by atoms with Crippen molar-refractivity contribution in [3.63, 3.8) is 0 Å². The van der Waals surface area contributed by atoms with Crippen LogP contribution >= 0.6 is 0 Å². The summed E-state index contributed by atoms with van der Waals surface area (Å²) < 4.78 is 11.4. The zero-order chi connectivity index (χ0) is 12.6. The van der Waals surface area contributed by atoms with Crippen LogP contribution in [0.3, 0.4) is 0 Å². The van der Waals surface area contributed by atoms with E-state index >= 15 is 0 Å². The van der Waals surface area contributed by atoms with Gasteiger partial charge in [0.05, 0.1) is 13.2 Å². The molecule has 0 saturated carbocycles. The summed E-state index contributed by atoms with van der Waals surface area (Å²) in [6, 6.07) is 8.27. The van der Waals surface area contributed by atoms with Gasteiger partial charge in [-0.2, -0.15) is 0 Å². The first-order chi connectivity index (χ1) is 8.66. The molecule has 3 nitrogen and oxygen atoms in total. The minimum Gasteiger partial charge on any atom is -0.483 e. The molecule has 1 fully saturated rings. The molecule has 3 rings (SSSR count). The van der Waals surface area contributed by atoms with Gasteiger partial charge in [0, 0.05) is 24.4 Å². The van der Waals surface area contributed by atoms with Crippen molar-refractivity contribution >= 4 is 5.70 Å². The summed E-state index contributed by atoms with van der Waals surface area (Å²) in [7, 11) is 0. The number of rotatable bonds is 1. The van der Waals surface area contributed by atoms with Gasteiger partial charge in [0.2, 0.25) is 0 Å². The standard InChI is InChI=1S/C15H19NO2/c1-15(2)11-13(16-7-9-17-10-8-16)12-5-3-4-6-14(12)18-15/h3-6,11H,7-10H2,1-2H3. The SMILES string of the molecule is CC1(C)C=C(N2CCOCC2)c2ccccc2O1. The lowest BCUT2D eigenvalue weighted by Crippen LogP contribution is -2.38. The van der Waals surface area contributed by atoms with E-state index in [1.807, 2.05) is 12.1 Å². The van der Waals surface area contributed by atoms with E-state index in [4.69, 9.17) is 9.47 Å². The molecule has 1 aromatic carbocycles. The van der Waals surface area contributed by atoms with E-state index < -0.39 is 0 Å². The first kappa shape index (κ1) is 11.6. The van der Waals surface area contributed by atoms with E-state index in [0.717, 1.165) is 32.1 Å². The Morgan fingerprint density at radius 1 is 1.11 bits per heavy atom. The van der Waals surface area contributed by atoms with Crippen molar-refractivity contribution in [3.8, 4) is 5.75 Å². The second kappa shape index (κ2) is 4.32. The lowest BCUT2D eigenvalue weighted by Gasteiger charge is -2.38. The maximum absolute atomic E-state index is 6.01. The lowest BCUT2D eigenvalue weighted by molar-refractivity contribution is 0.0617. The van der Waals surface area contributed by atoms with E-state index in [1.165, 1.54) is 11.3 Å². The van der Waals surface area contributed by atoms with Crippen molar-refractivity contribution in [1.82, 2.24) is 4.90 Å². The molecule has 2 aliphatic rings. The fourth-order valence-corrected chi connectivity index (χ4v) is 2.55. The van der Waals surface area contributed by atoms with E-state index in [2.05, 4.69) is 37.0 Å². The third-order valence-corrected chi connectivity index (χ3v) is 3.37. The Morgan fingerprint density at radius 2 is 1.83 bits per heavy atom. The van der Waals surface area contributed by atoms with Crippen molar-refractivity contribution in [2.24, 2.45) is 0 Å². The van der Waals surface area contributed by atoms with Gasteiger partial charge >= 0.3 is 0 Å². The highest BCUT2D eigenvalue weighted by molar-refractivity contribution is 5.72. The van der Waals surface area contributed by atoms with Crippen molar-refractivity contribution in [3.05, 3.63) is 35.9 Å². The summed E-state index contributed by atoms with van der Waals surface area (Å²) in [5.41, 5.74) is 2.23. The molecule has 0 aromatic heterocycles. The van der Waals surface area contributed by atoms with Gasteiger partial charge in [-0.3, -0.25) is 0 Å².